The predicted octanol–water partition coefficient (Wildman–Crippen LogP) is -0.118. The Morgan fingerprint density at radius 2 is 1.76 bits per heavy atom. The van der Waals surface area contributed by atoms with Crippen LogP contribution in [0.5, 0.6) is 0 Å². The van der Waals surface area contributed by atoms with Crippen LogP contribution in [0.2, 0.25) is 0 Å². The quantitative estimate of drug-likeness (QED) is 0.750. The van der Waals surface area contributed by atoms with E-state index in [1.54, 1.807) is 9.80 Å². The van der Waals surface area contributed by atoms with Crippen molar-refractivity contribution >= 4 is 12.0 Å². The number of nitrogens with zero attached hydrogens (tertiary/aromatic N) is 2. The molecule has 6 heteroatoms. The minimum absolute atomic E-state index is 0.0968. The van der Waals surface area contributed by atoms with Crippen LogP contribution in [0.4, 0.5) is 4.79 Å². The molecule has 17 heavy (non-hydrogen) atoms. The molecule has 0 aromatic carbocycles. The van der Waals surface area contributed by atoms with Crippen molar-refractivity contribution in [3.8, 4) is 0 Å². The average molecular weight is 243 g/mol. The van der Waals surface area contributed by atoms with Crippen LogP contribution in [-0.4, -0.2) is 61.6 Å². The maximum absolute atomic E-state index is 12.0. The molecule has 1 unspecified atom stereocenters. The molecular weight excluding hydrogens is 222 g/mol. The first-order chi connectivity index (χ1) is 8.13. The number of amides is 2. The summed E-state index contributed by atoms with van der Waals surface area (Å²) in [4.78, 5) is 26.7. The number of carbonyl (C=O) groups is 2. The zero-order chi connectivity index (χ0) is 12.8. The maximum atomic E-state index is 12.0. The summed E-state index contributed by atoms with van der Waals surface area (Å²) in [5.74, 6) is -0.000748. The van der Waals surface area contributed by atoms with Crippen LogP contribution in [0, 0.1) is 5.92 Å². The first kappa shape index (κ1) is 13.8. The van der Waals surface area contributed by atoms with E-state index in [1.165, 1.54) is 7.11 Å². The number of nitrogens with two attached hydrogens (primary N) is 1. The Kier molecular flexibility index (Phi) is 5.21. The van der Waals surface area contributed by atoms with E-state index < -0.39 is 0 Å². The van der Waals surface area contributed by atoms with Gasteiger partial charge >= 0.3 is 6.09 Å². The van der Waals surface area contributed by atoms with E-state index in [9.17, 15) is 9.59 Å². The molecule has 0 aliphatic carbocycles. The SMILES string of the molecule is CCC(CN)C(=O)N1CCN(C(=O)OC)CC1. The van der Waals surface area contributed by atoms with Crippen LogP contribution < -0.4 is 5.73 Å². The molecule has 2 amide bonds. The number of hydrogen-bond acceptors (Lipinski definition) is 4. The Bertz CT molecular complexity index is 271. The molecule has 1 aliphatic rings. The van der Waals surface area contributed by atoms with Gasteiger partial charge in [-0.25, -0.2) is 4.79 Å². The van der Waals surface area contributed by atoms with E-state index in [1.807, 2.05) is 6.92 Å². The zero-order valence-corrected chi connectivity index (χ0v) is 10.5. The van der Waals surface area contributed by atoms with Crippen LogP contribution in [0.3, 0.4) is 0 Å². The predicted molar refractivity (Wildman–Crippen MR) is 63.4 cm³/mol. The van der Waals surface area contributed by atoms with Crippen molar-refractivity contribution in [1.82, 2.24) is 9.80 Å². The highest BCUT2D eigenvalue weighted by atomic mass is 16.5. The first-order valence-electron chi connectivity index (χ1n) is 5.95. The lowest BCUT2D eigenvalue weighted by Crippen LogP contribution is -2.52. The molecule has 6 nitrogen and oxygen atoms in total. The molecule has 1 rings (SSSR count). The van der Waals surface area contributed by atoms with Gasteiger partial charge in [0.2, 0.25) is 5.91 Å². The molecule has 0 aromatic rings. The molecule has 2 N–H and O–H groups in total. The smallest absolute Gasteiger partial charge is 0.409 e. The van der Waals surface area contributed by atoms with E-state index in [4.69, 9.17) is 5.73 Å². The minimum Gasteiger partial charge on any atom is -0.453 e. The molecule has 98 valence electrons. The van der Waals surface area contributed by atoms with Crippen LogP contribution in [-0.2, 0) is 9.53 Å². The number of methoxy groups -OCH3 is 1. The van der Waals surface area contributed by atoms with Crippen molar-refractivity contribution in [3.63, 3.8) is 0 Å². The second kappa shape index (κ2) is 6.44. The van der Waals surface area contributed by atoms with Crippen LogP contribution in [0.15, 0.2) is 0 Å². The highest BCUT2D eigenvalue weighted by molar-refractivity contribution is 5.79. The van der Waals surface area contributed by atoms with E-state index in [2.05, 4.69) is 4.74 Å². The lowest BCUT2D eigenvalue weighted by molar-refractivity contribution is -0.136. The summed E-state index contributed by atoms with van der Waals surface area (Å²) in [7, 11) is 1.36. The average Bonchev–Trinajstić information content (AvgIpc) is 2.39. The van der Waals surface area contributed by atoms with E-state index in [-0.39, 0.29) is 17.9 Å². The highest BCUT2D eigenvalue weighted by Gasteiger charge is 2.27. The van der Waals surface area contributed by atoms with Crippen molar-refractivity contribution in [3.05, 3.63) is 0 Å². The van der Waals surface area contributed by atoms with Crippen molar-refractivity contribution < 1.29 is 14.3 Å². The topological polar surface area (TPSA) is 75.9 Å². The summed E-state index contributed by atoms with van der Waals surface area (Å²) in [5, 5.41) is 0. The molecule has 0 saturated carbocycles. The van der Waals surface area contributed by atoms with Crippen LogP contribution in [0.1, 0.15) is 13.3 Å². The molecule has 1 fully saturated rings. The number of hydrogen-bond donors (Lipinski definition) is 1. The lowest BCUT2D eigenvalue weighted by atomic mass is 10.0. The van der Waals surface area contributed by atoms with Gasteiger partial charge in [0.25, 0.3) is 0 Å². The summed E-state index contributed by atoms with van der Waals surface area (Å²) < 4.78 is 4.64. The molecule has 0 bridgehead atoms. The van der Waals surface area contributed by atoms with Crippen molar-refractivity contribution in [1.29, 1.82) is 0 Å². The highest BCUT2D eigenvalue weighted by Crippen LogP contribution is 2.10. The third kappa shape index (κ3) is 3.33. The van der Waals surface area contributed by atoms with E-state index in [0.717, 1.165) is 6.42 Å². The summed E-state index contributed by atoms with van der Waals surface area (Å²) in [6.07, 6.45) is 0.426. The van der Waals surface area contributed by atoms with Crippen molar-refractivity contribution in [2.24, 2.45) is 11.7 Å². The Hall–Kier alpha value is -1.30. The Morgan fingerprint density at radius 3 is 2.18 bits per heavy atom. The van der Waals surface area contributed by atoms with Gasteiger partial charge in [-0.1, -0.05) is 6.92 Å². The minimum atomic E-state index is -0.331. The molecule has 1 heterocycles. The summed E-state index contributed by atoms with van der Waals surface area (Å²) in [6, 6.07) is 0. The van der Waals surface area contributed by atoms with Crippen molar-refractivity contribution in [2.45, 2.75) is 13.3 Å². The summed E-state index contributed by atoms with van der Waals surface area (Å²) in [5.41, 5.74) is 5.56. The molecule has 1 saturated heterocycles. The van der Waals surface area contributed by atoms with Gasteiger partial charge in [-0.3, -0.25) is 4.79 Å². The summed E-state index contributed by atoms with van der Waals surface area (Å²) >= 11 is 0. The second-order valence-electron chi connectivity index (χ2n) is 4.12. The molecule has 0 aromatic heterocycles. The Labute approximate surface area is 102 Å². The van der Waals surface area contributed by atoms with Gasteiger partial charge in [-0.15, -0.1) is 0 Å². The fraction of sp³-hybridized carbons (Fsp3) is 0.818. The molecule has 1 atom stereocenters. The van der Waals surface area contributed by atoms with Gasteiger partial charge in [0.05, 0.1) is 13.0 Å². The van der Waals surface area contributed by atoms with Crippen LogP contribution >= 0.6 is 0 Å². The molecule has 0 spiro atoms. The first-order valence-corrected chi connectivity index (χ1v) is 5.95. The van der Waals surface area contributed by atoms with E-state index in [0.29, 0.717) is 32.7 Å². The number of piperazine rings is 1. The van der Waals surface area contributed by atoms with E-state index >= 15 is 0 Å². The zero-order valence-electron chi connectivity index (χ0n) is 10.5. The van der Waals surface area contributed by atoms with Gasteiger partial charge in [0.15, 0.2) is 0 Å². The summed E-state index contributed by atoms with van der Waals surface area (Å²) in [6.45, 7) is 4.51. The van der Waals surface area contributed by atoms with Gasteiger partial charge < -0.3 is 20.3 Å². The van der Waals surface area contributed by atoms with Gasteiger partial charge in [0, 0.05) is 32.7 Å². The van der Waals surface area contributed by atoms with Gasteiger partial charge in [0.1, 0.15) is 0 Å². The maximum Gasteiger partial charge on any atom is 0.409 e. The second-order valence-corrected chi connectivity index (χ2v) is 4.12. The molecule has 0 radical (unpaired) electrons. The Morgan fingerprint density at radius 1 is 1.24 bits per heavy atom. The fourth-order valence-corrected chi connectivity index (χ4v) is 1.94. The standard InChI is InChI=1S/C11H21N3O3/c1-3-9(8-12)10(15)13-4-6-14(7-5-13)11(16)17-2/h9H,3-8,12H2,1-2H3. The van der Waals surface area contributed by atoms with Crippen LogP contribution in [0.25, 0.3) is 0 Å². The largest absolute Gasteiger partial charge is 0.453 e. The number of rotatable bonds is 3. The molecule has 1 aliphatic heterocycles. The van der Waals surface area contributed by atoms with Gasteiger partial charge in [-0.05, 0) is 6.42 Å². The van der Waals surface area contributed by atoms with Crippen molar-refractivity contribution in [2.75, 3.05) is 39.8 Å². The monoisotopic (exact) mass is 243 g/mol. The number of ether oxygens (including phenoxy) is 1. The lowest BCUT2D eigenvalue weighted by Gasteiger charge is -2.35. The fourth-order valence-electron chi connectivity index (χ4n) is 1.94. The normalized spacial score (nSPS) is 17.8. The number of carbonyl (C=O) groups excluding carboxylic acids is 2. The third-order valence-electron chi connectivity index (χ3n) is 3.15. The van der Waals surface area contributed by atoms with Gasteiger partial charge in [-0.2, -0.15) is 0 Å². The third-order valence-corrected chi connectivity index (χ3v) is 3.15. The Balaban J connectivity index is 2.46. The molecular formula is C11H21N3O3.